The minimum Gasteiger partial charge on any atom is -0.171 e. The molecule has 0 spiro atoms. The van der Waals surface area contributed by atoms with E-state index in [0.717, 1.165) is 0 Å². The Balaban J connectivity index is 0. The van der Waals surface area contributed by atoms with Crippen LogP contribution in [0.15, 0.2) is 12.2 Å². The van der Waals surface area contributed by atoms with Crippen LogP contribution in [0.2, 0.25) is 0 Å². The van der Waals surface area contributed by atoms with E-state index in [1.54, 1.807) is 0 Å². The van der Waals surface area contributed by atoms with Gasteiger partial charge in [-0.3, -0.25) is 0 Å². The zero-order chi connectivity index (χ0) is 9.33. The Bertz CT molecular complexity index is 88.0. The van der Waals surface area contributed by atoms with Gasteiger partial charge in [0.25, 0.3) is 0 Å². The Morgan fingerprint density at radius 2 is 1.45 bits per heavy atom. The highest BCUT2D eigenvalue weighted by Gasteiger charge is 2.24. The Hall–Kier alpha value is -0.470. The molecule has 0 fully saturated rings. The van der Waals surface area contributed by atoms with Gasteiger partial charge in [-0.05, 0) is 20.3 Å². The molecule has 0 N–H and O–H groups in total. The third-order valence-corrected chi connectivity index (χ3v) is 0.867. The van der Waals surface area contributed by atoms with E-state index in [9.17, 15) is 13.2 Å². The highest BCUT2D eigenvalue weighted by atomic mass is 19.4. The second-order valence-corrected chi connectivity index (χ2v) is 2.03. The topological polar surface area (TPSA) is 0 Å². The van der Waals surface area contributed by atoms with Crippen molar-refractivity contribution in [3.05, 3.63) is 12.2 Å². The van der Waals surface area contributed by atoms with Gasteiger partial charge in [-0.15, -0.1) is 0 Å². The quantitative estimate of drug-likeness (QED) is 0.520. The van der Waals surface area contributed by atoms with Crippen LogP contribution >= 0.6 is 0 Å². The van der Waals surface area contributed by atoms with Crippen LogP contribution in [-0.2, 0) is 0 Å². The first-order valence-corrected chi connectivity index (χ1v) is 3.62. The summed E-state index contributed by atoms with van der Waals surface area (Å²) < 4.78 is 33.2. The summed E-state index contributed by atoms with van der Waals surface area (Å²) in [6.45, 7) is 5.51. The molecule has 0 aromatic rings. The van der Waals surface area contributed by atoms with Gasteiger partial charge in [0.15, 0.2) is 0 Å². The molecule has 0 amide bonds. The molecular formula is C8H15F3. The van der Waals surface area contributed by atoms with Gasteiger partial charge in [-0.2, -0.15) is 13.2 Å². The van der Waals surface area contributed by atoms with Gasteiger partial charge >= 0.3 is 6.18 Å². The van der Waals surface area contributed by atoms with Crippen LogP contribution in [0.4, 0.5) is 13.2 Å². The predicted molar refractivity (Wildman–Crippen MR) is 41.5 cm³/mol. The summed E-state index contributed by atoms with van der Waals surface area (Å²) in [6.07, 6.45) is -0.425. The first-order chi connectivity index (χ1) is 4.97. The molecule has 0 aliphatic heterocycles. The average Bonchev–Trinajstić information content (AvgIpc) is 1.86. The summed E-state index contributed by atoms with van der Waals surface area (Å²) in [5.41, 5.74) is 0. The van der Waals surface area contributed by atoms with Crippen molar-refractivity contribution < 1.29 is 13.2 Å². The second kappa shape index (κ2) is 7.63. The second-order valence-electron chi connectivity index (χ2n) is 2.03. The SMILES string of the molecule is CC=CC.CCCC(F)(F)F. The largest absolute Gasteiger partial charge is 0.389 e. The predicted octanol–water partition coefficient (Wildman–Crippen LogP) is 3.93. The van der Waals surface area contributed by atoms with E-state index < -0.39 is 12.6 Å². The third kappa shape index (κ3) is 26.3. The summed E-state index contributed by atoms with van der Waals surface area (Å²) in [7, 11) is 0. The maximum atomic E-state index is 11.1. The maximum Gasteiger partial charge on any atom is 0.389 e. The fraction of sp³-hybridized carbons (Fsp3) is 0.750. The fourth-order valence-corrected chi connectivity index (χ4v) is 0.283. The molecule has 3 heteroatoms. The van der Waals surface area contributed by atoms with Crippen molar-refractivity contribution in [2.45, 2.75) is 39.8 Å². The van der Waals surface area contributed by atoms with Crippen molar-refractivity contribution >= 4 is 0 Å². The summed E-state index contributed by atoms with van der Waals surface area (Å²) in [5.74, 6) is 0. The van der Waals surface area contributed by atoms with Gasteiger partial charge in [0.2, 0.25) is 0 Å². The van der Waals surface area contributed by atoms with Crippen molar-refractivity contribution in [1.82, 2.24) is 0 Å². The van der Waals surface area contributed by atoms with Crippen LogP contribution in [0.5, 0.6) is 0 Å². The molecule has 0 saturated heterocycles. The molecule has 0 radical (unpaired) electrons. The lowest BCUT2D eigenvalue weighted by Gasteiger charge is -2.00. The Morgan fingerprint density at radius 1 is 1.09 bits per heavy atom. The van der Waals surface area contributed by atoms with Crippen molar-refractivity contribution in [2.24, 2.45) is 0 Å². The first-order valence-electron chi connectivity index (χ1n) is 3.62. The normalized spacial score (nSPS) is 11.1. The van der Waals surface area contributed by atoms with Gasteiger partial charge in [0.05, 0.1) is 0 Å². The molecule has 68 valence electrons. The van der Waals surface area contributed by atoms with Crippen LogP contribution in [0.1, 0.15) is 33.6 Å². The lowest BCUT2D eigenvalue weighted by atomic mass is 10.3. The maximum absolute atomic E-state index is 11.1. The molecule has 0 heterocycles. The monoisotopic (exact) mass is 168 g/mol. The molecule has 0 aliphatic carbocycles. The molecule has 0 aromatic heterocycles. The highest BCUT2D eigenvalue weighted by Crippen LogP contribution is 2.20. The number of hydrogen-bond donors (Lipinski definition) is 0. The van der Waals surface area contributed by atoms with Gasteiger partial charge in [-0.25, -0.2) is 0 Å². The van der Waals surface area contributed by atoms with E-state index in [0.29, 0.717) is 0 Å². The number of rotatable bonds is 1. The van der Waals surface area contributed by atoms with Gasteiger partial charge in [0.1, 0.15) is 0 Å². The molecule has 11 heavy (non-hydrogen) atoms. The van der Waals surface area contributed by atoms with Crippen molar-refractivity contribution in [2.75, 3.05) is 0 Å². The molecule has 0 atom stereocenters. The van der Waals surface area contributed by atoms with E-state index in [1.807, 2.05) is 26.0 Å². The number of alkyl halides is 3. The van der Waals surface area contributed by atoms with Crippen LogP contribution in [0.25, 0.3) is 0 Å². The van der Waals surface area contributed by atoms with Crippen LogP contribution in [0, 0.1) is 0 Å². The molecule has 0 nitrogen and oxygen atoms in total. The van der Waals surface area contributed by atoms with Crippen LogP contribution < -0.4 is 0 Å². The van der Waals surface area contributed by atoms with Gasteiger partial charge in [-0.1, -0.05) is 19.1 Å². The van der Waals surface area contributed by atoms with E-state index in [2.05, 4.69) is 0 Å². The molecule has 0 unspecified atom stereocenters. The van der Waals surface area contributed by atoms with Crippen molar-refractivity contribution in [3.8, 4) is 0 Å². The lowest BCUT2D eigenvalue weighted by molar-refractivity contribution is -0.134. The van der Waals surface area contributed by atoms with Crippen molar-refractivity contribution in [3.63, 3.8) is 0 Å². The molecule has 0 rings (SSSR count). The molecule has 0 aliphatic rings. The number of halogens is 3. The van der Waals surface area contributed by atoms with Crippen LogP contribution in [0.3, 0.4) is 0 Å². The first kappa shape index (κ1) is 13.1. The third-order valence-electron chi connectivity index (χ3n) is 0.867. The standard InChI is InChI=1S/C4H7F3.C4H8/c1-2-3-4(5,6)7;1-3-4-2/h2-3H2,1H3;3-4H,1-2H3. The summed E-state index contributed by atoms with van der Waals surface area (Å²) in [5, 5.41) is 0. The Morgan fingerprint density at radius 3 is 1.45 bits per heavy atom. The van der Waals surface area contributed by atoms with E-state index in [-0.39, 0.29) is 6.42 Å². The average molecular weight is 168 g/mol. The van der Waals surface area contributed by atoms with E-state index in [1.165, 1.54) is 6.92 Å². The zero-order valence-corrected chi connectivity index (χ0v) is 7.20. The summed E-state index contributed by atoms with van der Waals surface area (Å²) in [6, 6.07) is 0. The van der Waals surface area contributed by atoms with Gasteiger partial charge in [0, 0.05) is 6.42 Å². The minimum absolute atomic E-state index is 0.184. The lowest BCUT2D eigenvalue weighted by Crippen LogP contribution is -2.04. The highest BCUT2D eigenvalue weighted by molar-refractivity contribution is 4.68. The Kier molecular flexibility index (Phi) is 9.12. The summed E-state index contributed by atoms with van der Waals surface area (Å²) >= 11 is 0. The molecular weight excluding hydrogens is 153 g/mol. The molecule has 0 bridgehead atoms. The molecule has 0 saturated carbocycles. The van der Waals surface area contributed by atoms with E-state index in [4.69, 9.17) is 0 Å². The zero-order valence-electron chi connectivity index (χ0n) is 7.20. The molecule has 0 aromatic carbocycles. The Labute approximate surface area is 66.1 Å². The van der Waals surface area contributed by atoms with E-state index >= 15 is 0 Å². The summed E-state index contributed by atoms with van der Waals surface area (Å²) in [4.78, 5) is 0. The van der Waals surface area contributed by atoms with Crippen LogP contribution in [-0.4, -0.2) is 6.18 Å². The fourth-order valence-electron chi connectivity index (χ4n) is 0.283. The van der Waals surface area contributed by atoms with Gasteiger partial charge < -0.3 is 0 Å². The number of allylic oxidation sites excluding steroid dienone is 2. The number of hydrogen-bond acceptors (Lipinski definition) is 0. The smallest absolute Gasteiger partial charge is 0.171 e. The van der Waals surface area contributed by atoms with Crippen molar-refractivity contribution in [1.29, 1.82) is 0 Å². The minimum atomic E-state index is -3.95.